The Labute approximate surface area is 113 Å². The molecule has 88 valence electrons. The van der Waals surface area contributed by atoms with Gasteiger partial charge >= 0.3 is 0 Å². The van der Waals surface area contributed by atoms with Crippen molar-refractivity contribution in [3.63, 3.8) is 0 Å². The quantitative estimate of drug-likeness (QED) is 0.943. The van der Waals surface area contributed by atoms with Crippen molar-refractivity contribution in [2.24, 2.45) is 7.05 Å². The summed E-state index contributed by atoms with van der Waals surface area (Å²) in [5.41, 5.74) is 1.83. The second kappa shape index (κ2) is 5.50. The number of nitrogens with zero attached hydrogens (tertiary/aromatic N) is 2. The Morgan fingerprint density at radius 2 is 2.29 bits per heavy atom. The van der Waals surface area contributed by atoms with Gasteiger partial charge in [0.2, 0.25) is 0 Å². The van der Waals surface area contributed by atoms with Crippen LogP contribution in [-0.2, 0) is 20.1 Å². The van der Waals surface area contributed by atoms with E-state index in [1.54, 1.807) is 11.3 Å². The van der Waals surface area contributed by atoms with E-state index in [1.165, 1.54) is 4.88 Å². The topological polar surface area (TPSA) is 40.8 Å². The molecule has 0 aliphatic carbocycles. The molecule has 0 radical (unpaired) electrons. The summed E-state index contributed by atoms with van der Waals surface area (Å²) in [4.78, 5) is 1.30. The van der Waals surface area contributed by atoms with E-state index >= 15 is 0 Å². The number of nitrogens with one attached hydrogen (secondary N) is 1. The first-order valence-corrected chi connectivity index (χ1v) is 6.80. The maximum absolute atomic E-state index is 8.84. The molecule has 3 nitrogen and oxygen atoms in total. The minimum atomic E-state index is 0.695. The number of nitriles is 1. The number of halogens is 1. The van der Waals surface area contributed by atoms with Crippen LogP contribution in [0.5, 0.6) is 0 Å². The standard InChI is InChI=1S/C12H12BrN3S/c1-16-8-9(4-10(16)5-14)6-15-7-11-2-3-12(13)17-11/h2-4,8,15H,6-7H2,1H3. The Bertz CT molecular complexity index is 550. The van der Waals surface area contributed by atoms with Crippen molar-refractivity contribution in [3.8, 4) is 6.07 Å². The highest BCUT2D eigenvalue weighted by Crippen LogP contribution is 2.21. The van der Waals surface area contributed by atoms with Gasteiger partial charge in [0.25, 0.3) is 0 Å². The zero-order chi connectivity index (χ0) is 12.3. The summed E-state index contributed by atoms with van der Waals surface area (Å²) in [5.74, 6) is 0. The van der Waals surface area contributed by atoms with E-state index in [0.717, 1.165) is 22.4 Å². The van der Waals surface area contributed by atoms with Crippen LogP contribution < -0.4 is 5.32 Å². The number of hydrogen-bond acceptors (Lipinski definition) is 3. The molecule has 2 rings (SSSR count). The van der Waals surface area contributed by atoms with Crippen LogP contribution >= 0.6 is 27.3 Å². The van der Waals surface area contributed by atoms with Gasteiger partial charge in [-0.3, -0.25) is 0 Å². The lowest BCUT2D eigenvalue weighted by atomic mass is 10.3. The molecule has 0 aliphatic heterocycles. The average Bonchev–Trinajstić information content (AvgIpc) is 2.85. The smallest absolute Gasteiger partial charge is 0.120 e. The van der Waals surface area contributed by atoms with Crippen molar-refractivity contribution in [2.45, 2.75) is 13.1 Å². The minimum absolute atomic E-state index is 0.695. The van der Waals surface area contributed by atoms with Gasteiger partial charge in [-0.05, 0) is 39.7 Å². The van der Waals surface area contributed by atoms with E-state index in [0.29, 0.717) is 5.69 Å². The molecule has 0 aromatic carbocycles. The Morgan fingerprint density at radius 3 is 2.88 bits per heavy atom. The Balaban J connectivity index is 1.88. The summed E-state index contributed by atoms with van der Waals surface area (Å²) in [5, 5.41) is 12.2. The maximum atomic E-state index is 8.84. The summed E-state index contributed by atoms with van der Waals surface area (Å²) in [6.45, 7) is 1.64. The summed E-state index contributed by atoms with van der Waals surface area (Å²) in [6, 6.07) is 8.23. The molecule has 0 saturated heterocycles. The lowest BCUT2D eigenvalue weighted by molar-refractivity contribution is 0.699. The van der Waals surface area contributed by atoms with Crippen molar-refractivity contribution < 1.29 is 0 Å². The molecule has 0 aliphatic rings. The van der Waals surface area contributed by atoms with Crippen molar-refractivity contribution in [2.75, 3.05) is 0 Å². The van der Waals surface area contributed by atoms with Gasteiger partial charge in [0.15, 0.2) is 0 Å². The molecular formula is C12H12BrN3S. The molecule has 5 heteroatoms. The van der Waals surface area contributed by atoms with Crippen LogP contribution in [0.15, 0.2) is 28.2 Å². The van der Waals surface area contributed by atoms with Crippen LogP contribution in [0.3, 0.4) is 0 Å². The van der Waals surface area contributed by atoms with Crippen LogP contribution in [0.1, 0.15) is 16.1 Å². The highest BCUT2D eigenvalue weighted by Gasteiger charge is 2.02. The van der Waals surface area contributed by atoms with Gasteiger partial charge in [-0.25, -0.2) is 0 Å². The van der Waals surface area contributed by atoms with Gasteiger partial charge in [-0.15, -0.1) is 11.3 Å². The molecule has 1 N–H and O–H groups in total. The van der Waals surface area contributed by atoms with E-state index in [-0.39, 0.29) is 0 Å². The molecule has 0 saturated carbocycles. The van der Waals surface area contributed by atoms with Gasteiger partial charge in [0, 0.05) is 31.2 Å². The molecule has 2 aromatic heterocycles. The SMILES string of the molecule is Cn1cc(CNCc2ccc(Br)s2)cc1C#N. The monoisotopic (exact) mass is 309 g/mol. The summed E-state index contributed by atoms with van der Waals surface area (Å²) in [7, 11) is 1.89. The summed E-state index contributed by atoms with van der Waals surface area (Å²) >= 11 is 5.17. The highest BCUT2D eigenvalue weighted by molar-refractivity contribution is 9.11. The van der Waals surface area contributed by atoms with Crippen molar-refractivity contribution in [1.29, 1.82) is 5.26 Å². The Hall–Kier alpha value is -1.09. The molecule has 17 heavy (non-hydrogen) atoms. The normalized spacial score (nSPS) is 10.4. The highest BCUT2D eigenvalue weighted by atomic mass is 79.9. The molecule has 0 spiro atoms. The minimum Gasteiger partial charge on any atom is -0.342 e. The predicted octanol–water partition coefficient (Wildman–Crippen LogP) is 3.01. The lowest BCUT2D eigenvalue weighted by Gasteiger charge is -2.00. The predicted molar refractivity (Wildman–Crippen MR) is 72.7 cm³/mol. The number of rotatable bonds is 4. The van der Waals surface area contributed by atoms with E-state index in [4.69, 9.17) is 5.26 Å². The van der Waals surface area contributed by atoms with E-state index in [9.17, 15) is 0 Å². The third-order valence-electron chi connectivity index (χ3n) is 2.43. The molecule has 2 aromatic rings. The zero-order valence-corrected chi connectivity index (χ0v) is 11.8. The van der Waals surface area contributed by atoms with E-state index in [2.05, 4.69) is 39.4 Å². The lowest BCUT2D eigenvalue weighted by Crippen LogP contribution is -2.11. The molecule has 0 amide bonds. The number of aryl methyl sites for hydroxylation is 1. The fraction of sp³-hybridized carbons (Fsp3) is 0.250. The van der Waals surface area contributed by atoms with Gasteiger partial charge < -0.3 is 9.88 Å². The molecule has 0 unspecified atom stereocenters. The van der Waals surface area contributed by atoms with Crippen LogP contribution in [0.25, 0.3) is 0 Å². The van der Waals surface area contributed by atoms with Crippen molar-refractivity contribution >= 4 is 27.3 Å². The second-order valence-corrected chi connectivity index (χ2v) is 6.31. The number of hydrogen-bond donors (Lipinski definition) is 1. The van der Waals surface area contributed by atoms with Crippen molar-refractivity contribution in [1.82, 2.24) is 9.88 Å². The molecule has 0 fully saturated rings. The van der Waals surface area contributed by atoms with Crippen LogP contribution in [0, 0.1) is 11.3 Å². The third kappa shape index (κ3) is 3.19. The van der Waals surface area contributed by atoms with Crippen molar-refractivity contribution in [3.05, 3.63) is 44.3 Å². The number of aromatic nitrogens is 1. The summed E-state index contributed by atoms with van der Waals surface area (Å²) in [6.07, 6.45) is 1.98. The van der Waals surface area contributed by atoms with Crippen LogP contribution in [-0.4, -0.2) is 4.57 Å². The fourth-order valence-electron chi connectivity index (χ4n) is 1.62. The second-order valence-electron chi connectivity index (χ2n) is 3.77. The van der Waals surface area contributed by atoms with Crippen LogP contribution in [0.2, 0.25) is 0 Å². The first-order chi connectivity index (χ1) is 8.19. The largest absolute Gasteiger partial charge is 0.342 e. The average molecular weight is 310 g/mol. The zero-order valence-electron chi connectivity index (χ0n) is 9.40. The first-order valence-electron chi connectivity index (χ1n) is 5.19. The van der Waals surface area contributed by atoms with Gasteiger partial charge in [0.1, 0.15) is 11.8 Å². The van der Waals surface area contributed by atoms with Gasteiger partial charge in [-0.2, -0.15) is 5.26 Å². The Morgan fingerprint density at radius 1 is 1.47 bits per heavy atom. The van der Waals surface area contributed by atoms with Gasteiger partial charge in [0.05, 0.1) is 3.79 Å². The maximum Gasteiger partial charge on any atom is 0.120 e. The van der Waals surface area contributed by atoms with E-state index in [1.807, 2.05) is 23.9 Å². The van der Waals surface area contributed by atoms with Crippen LogP contribution in [0.4, 0.5) is 0 Å². The fourth-order valence-corrected chi connectivity index (χ4v) is 3.07. The molecule has 0 atom stereocenters. The summed E-state index contributed by atoms with van der Waals surface area (Å²) < 4.78 is 3.00. The van der Waals surface area contributed by atoms with Gasteiger partial charge in [-0.1, -0.05) is 0 Å². The third-order valence-corrected chi connectivity index (χ3v) is 4.06. The molecule has 0 bridgehead atoms. The molecule has 2 heterocycles. The Kier molecular flexibility index (Phi) is 4.00. The number of thiophene rings is 1. The first kappa shape index (κ1) is 12.4. The molecular weight excluding hydrogens is 298 g/mol. The van der Waals surface area contributed by atoms with E-state index < -0.39 is 0 Å².